The van der Waals surface area contributed by atoms with Gasteiger partial charge in [0.25, 0.3) is 0 Å². The van der Waals surface area contributed by atoms with Gasteiger partial charge in [-0.2, -0.15) is 0 Å². The van der Waals surface area contributed by atoms with Gasteiger partial charge in [0.05, 0.1) is 25.4 Å². The predicted molar refractivity (Wildman–Crippen MR) is 73.3 cm³/mol. The molecule has 0 aromatic heterocycles. The van der Waals surface area contributed by atoms with E-state index in [9.17, 15) is 4.79 Å². The van der Waals surface area contributed by atoms with Crippen LogP contribution in [0.25, 0.3) is 0 Å². The smallest absolute Gasteiger partial charge is 0.410 e. The minimum atomic E-state index is -0.453. The number of carbonyl (C=O) groups excluding carboxylic acids is 1. The summed E-state index contributed by atoms with van der Waals surface area (Å²) in [6.07, 6.45) is 1.49. The van der Waals surface area contributed by atoms with Gasteiger partial charge >= 0.3 is 6.09 Å². The summed E-state index contributed by atoms with van der Waals surface area (Å²) in [5.41, 5.74) is -0.694. The summed E-state index contributed by atoms with van der Waals surface area (Å²) in [7, 11) is 1.66. The van der Waals surface area contributed by atoms with E-state index in [1.165, 1.54) is 0 Å². The number of nitrogens with zero attached hydrogens (tertiary/aromatic N) is 1. The molecule has 0 aliphatic carbocycles. The quantitative estimate of drug-likeness (QED) is 0.722. The molecule has 112 valence electrons. The van der Waals surface area contributed by atoms with Crippen molar-refractivity contribution in [1.29, 1.82) is 0 Å². The van der Waals surface area contributed by atoms with E-state index in [0.29, 0.717) is 26.3 Å². The predicted octanol–water partition coefficient (Wildman–Crippen LogP) is 2.44. The SMILES string of the molecule is CCC1(OCCOC)CCN(C(=O)OC(C)(C)C)C1. The van der Waals surface area contributed by atoms with Crippen LogP contribution in [0.1, 0.15) is 40.5 Å². The summed E-state index contributed by atoms with van der Waals surface area (Å²) < 4.78 is 16.3. The number of amides is 1. The Kier molecular flexibility index (Phi) is 5.62. The van der Waals surface area contributed by atoms with E-state index in [1.807, 2.05) is 20.8 Å². The van der Waals surface area contributed by atoms with Gasteiger partial charge in [-0.05, 0) is 33.6 Å². The first-order valence-electron chi connectivity index (χ1n) is 6.93. The van der Waals surface area contributed by atoms with Gasteiger partial charge in [0.15, 0.2) is 0 Å². The van der Waals surface area contributed by atoms with Crippen molar-refractivity contribution < 1.29 is 19.0 Å². The molecule has 0 N–H and O–H groups in total. The second-order valence-corrected chi connectivity index (χ2v) is 6.03. The van der Waals surface area contributed by atoms with Crippen LogP contribution < -0.4 is 0 Å². The molecule has 5 nitrogen and oxygen atoms in total. The van der Waals surface area contributed by atoms with Gasteiger partial charge in [-0.3, -0.25) is 0 Å². The Morgan fingerprint density at radius 3 is 2.53 bits per heavy atom. The normalized spacial score (nSPS) is 23.7. The van der Waals surface area contributed by atoms with Crippen molar-refractivity contribution in [2.45, 2.75) is 51.7 Å². The van der Waals surface area contributed by atoms with E-state index in [-0.39, 0.29) is 11.7 Å². The molecule has 0 spiro atoms. The maximum atomic E-state index is 12.0. The lowest BCUT2D eigenvalue weighted by Gasteiger charge is -2.29. The first-order chi connectivity index (χ1) is 8.82. The van der Waals surface area contributed by atoms with Gasteiger partial charge in [0, 0.05) is 13.7 Å². The van der Waals surface area contributed by atoms with Crippen molar-refractivity contribution in [3.8, 4) is 0 Å². The number of ether oxygens (including phenoxy) is 3. The van der Waals surface area contributed by atoms with Crippen LogP contribution in [0, 0.1) is 0 Å². The van der Waals surface area contributed by atoms with Gasteiger partial charge in [-0.25, -0.2) is 4.79 Å². The van der Waals surface area contributed by atoms with Gasteiger partial charge in [-0.1, -0.05) is 6.92 Å². The average molecular weight is 273 g/mol. The van der Waals surface area contributed by atoms with Crippen molar-refractivity contribution in [3.63, 3.8) is 0 Å². The Labute approximate surface area is 116 Å². The molecule has 19 heavy (non-hydrogen) atoms. The zero-order chi connectivity index (χ0) is 14.5. The molecule has 1 atom stereocenters. The number of rotatable bonds is 5. The first kappa shape index (κ1) is 16.2. The fourth-order valence-electron chi connectivity index (χ4n) is 2.18. The average Bonchev–Trinajstić information content (AvgIpc) is 2.73. The summed E-state index contributed by atoms with van der Waals surface area (Å²) in [6.45, 7) is 10.2. The number of methoxy groups -OCH3 is 1. The minimum Gasteiger partial charge on any atom is -0.444 e. The van der Waals surface area contributed by atoms with Crippen molar-refractivity contribution >= 4 is 6.09 Å². The molecule has 1 amide bonds. The van der Waals surface area contributed by atoms with E-state index < -0.39 is 5.60 Å². The standard InChI is InChI=1S/C14H27NO4/c1-6-14(18-10-9-17-5)7-8-15(11-14)12(16)19-13(2,3)4/h6-11H2,1-5H3. The Morgan fingerprint density at radius 2 is 2.00 bits per heavy atom. The Bertz CT molecular complexity index is 300. The van der Waals surface area contributed by atoms with Crippen LogP contribution in [0.2, 0.25) is 0 Å². The topological polar surface area (TPSA) is 48.0 Å². The number of hydrogen-bond acceptors (Lipinski definition) is 4. The van der Waals surface area contributed by atoms with E-state index in [4.69, 9.17) is 14.2 Å². The van der Waals surface area contributed by atoms with Crippen molar-refractivity contribution in [3.05, 3.63) is 0 Å². The van der Waals surface area contributed by atoms with Crippen molar-refractivity contribution in [2.24, 2.45) is 0 Å². The second-order valence-electron chi connectivity index (χ2n) is 6.03. The van der Waals surface area contributed by atoms with Crippen LogP contribution in [0.3, 0.4) is 0 Å². The summed E-state index contributed by atoms with van der Waals surface area (Å²) in [5.74, 6) is 0. The molecule has 0 radical (unpaired) electrons. The molecule has 0 bridgehead atoms. The summed E-state index contributed by atoms with van der Waals surface area (Å²) in [4.78, 5) is 13.8. The first-order valence-corrected chi connectivity index (χ1v) is 6.93. The van der Waals surface area contributed by atoms with Crippen LogP contribution in [-0.2, 0) is 14.2 Å². The molecule has 0 aromatic carbocycles. The van der Waals surface area contributed by atoms with Crippen molar-refractivity contribution in [2.75, 3.05) is 33.4 Å². The van der Waals surface area contributed by atoms with E-state index in [1.54, 1.807) is 12.0 Å². The second kappa shape index (κ2) is 6.57. The zero-order valence-electron chi connectivity index (χ0n) is 12.8. The van der Waals surface area contributed by atoms with E-state index in [0.717, 1.165) is 12.8 Å². The highest BCUT2D eigenvalue weighted by Gasteiger charge is 2.40. The number of carbonyl (C=O) groups is 1. The Morgan fingerprint density at radius 1 is 1.32 bits per heavy atom. The molecular formula is C14H27NO4. The van der Waals surface area contributed by atoms with Crippen LogP contribution in [0.5, 0.6) is 0 Å². The lowest BCUT2D eigenvalue weighted by Crippen LogP contribution is -2.40. The van der Waals surface area contributed by atoms with Gasteiger partial charge in [-0.15, -0.1) is 0 Å². The molecule has 0 aromatic rings. The molecule has 1 rings (SSSR count). The fraction of sp³-hybridized carbons (Fsp3) is 0.929. The molecule has 1 unspecified atom stereocenters. The van der Waals surface area contributed by atoms with E-state index >= 15 is 0 Å². The van der Waals surface area contributed by atoms with Gasteiger partial charge in [0.2, 0.25) is 0 Å². The van der Waals surface area contributed by atoms with Gasteiger partial charge < -0.3 is 19.1 Å². The Balaban J connectivity index is 2.52. The van der Waals surface area contributed by atoms with Crippen LogP contribution in [0.15, 0.2) is 0 Å². The maximum Gasteiger partial charge on any atom is 0.410 e. The fourth-order valence-corrected chi connectivity index (χ4v) is 2.18. The number of likely N-dealkylation sites (tertiary alicyclic amines) is 1. The summed E-state index contributed by atoms with van der Waals surface area (Å²) in [5, 5.41) is 0. The third kappa shape index (κ3) is 4.99. The molecule has 0 saturated carbocycles. The van der Waals surface area contributed by atoms with Crippen LogP contribution in [0.4, 0.5) is 4.79 Å². The maximum absolute atomic E-state index is 12.0. The molecule has 1 heterocycles. The molecule has 1 aliphatic heterocycles. The highest BCUT2D eigenvalue weighted by molar-refractivity contribution is 5.68. The number of hydrogen-bond donors (Lipinski definition) is 0. The molecule has 1 fully saturated rings. The third-order valence-electron chi connectivity index (χ3n) is 3.31. The molecule has 1 aliphatic rings. The summed E-state index contributed by atoms with van der Waals surface area (Å²) in [6, 6.07) is 0. The highest BCUT2D eigenvalue weighted by atomic mass is 16.6. The lowest BCUT2D eigenvalue weighted by atomic mass is 10.00. The van der Waals surface area contributed by atoms with E-state index in [2.05, 4.69) is 6.92 Å². The zero-order valence-corrected chi connectivity index (χ0v) is 12.8. The highest BCUT2D eigenvalue weighted by Crippen LogP contribution is 2.29. The minimum absolute atomic E-state index is 0.241. The van der Waals surface area contributed by atoms with Crippen LogP contribution >= 0.6 is 0 Å². The lowest BCUT2D eigenvalue weighted by molar-refractivity contribution is -0.0590. The Hall–Kier alpha value is -0.810. The summed E-state index contributed by atoms with van der Waals surface area (Å²) >= 11 is 0. The van der Waals surface area contributed by atoms with Crippen molar-refractivity contribution in [1.82, 2.24) is 4.90 Å². The third-order valence-corrected chi connectivity index (χ3v) is 3.31. The molecule has 5 heteroatoms. The molecular weight excluding hydrogens is 246 g/mol. The van der Waals surface area contributed by atoms with Crippen LogP contribution in [-0.4, -0.2) is 55.6 Å². The largest absolute Gasteiger partial charge is 0.444 e. The monoisotopic (exact) mass is 273 g/mol. The van der Waals surface area contributed by atoms with Gasteiger partial charge in [0.1, 0.15) is 5.60 Å². The molecule has 1 saturated heterocycles.